The molecule has 0 saturated carbocycles. The van der Waals surface area contributed by atoms with Gasteiger partial charge in [0, 0.05) is 11.6 Å². The van der Waals surface area contributed by atoms with Crippen molar-refractivity contribution in [2.24, 2.45) is 0 Å². The minimum absolute atomic E-state index is 0.252. The SMILES string of the molecule is O=C(COc1ccc(OCc2ccccc2)cc1)NNC(=O)c1cccc2cccnc12. The van der Waals surface area contributed by atoms with Crippen LogP contribution in [0.25, 0.3) is 10.9 Å². The maximum atomic E-state index is 12.4. The first-order valence-corrected chi connectivity index (χ1v) is 10.0. The van der Waals surface area contributed by atoms with Crippen LogP contribution in [-0.4, -0.2) is 23.4 Å². The molecule has 7 nitrogen and oxygen atoms in total. The van der Waals surface area contributed by atoms with Crippen LogP contribution in [0.1, 0.15) is 15.9 Å². The largest absolute Gasteiger partial charge is 0.489 e. The Balaban J connectivity index is 1.23. The van der Waals surface area contributed by atoms with E-state index in [9.17, 15) is 9.59 Å². The summed E-state index contributed by atoms with van der Waals surface area (Å²) < 4.78 is 11.2. The van der Waals surface area contributed by atoms with E-state index in [0.29, 0.717) is 29.2 Å². The number of pyridine rings is 1. The van der Waals surface area contributed by atoms with Crippen molar-refractivity contribution >= 4 is 22.7 Å². The monoisotopic (exact) mass is 427 g/mol. The third-order valence-corrected chi connectivity index (χ3v) is 4.63. The summed E-state index contributed by atoms with van der Waals surface area (Å²) in [4.78, 5) is 28.7. The molecule has 0 bridgehead atoms. The summed E-state index contributed by atoms with van der Waals surface area (Å²) in [6, 6.07) is 25.8. The van der Waals surface area contributed by atoms with Crippen molar-refractivity contribution in [3.05, 3.63) is 102 Å². The Morgan fingerprint density at radius 2 is 1.47 bits per heavy atom. The number of carbonyl (C=O) groups is 2. The first kappa shape index (κ1) is 20.9. The Hall–Kier alpha value is -4.39. The first-order valence-electron chi connectivity index (χ1n) is 10.0. The number of fused-ring (bicyclic) bond motifs is 1. The van der Waals surface area contributed by atoms with E-state index < -0.39 is 11.8 Å². The van der Waals surface area contributed by atoms with Gasteiger partial charge in [-0.3, -0.25) is 25.4 Å². The highest BCUT2D eigenvalue weighted by Gasteiger charge is 2.12. The molecule has 0 aliphatic carbocycles. The van der Waals surface area contributed by atoms with E-state index in [0.717, 1.165) is 10.9 Å². The van der Waals surface area contributed by atoms with Crippen LogP contribution in [0.15, 0.2) is 91.1 Å². The van der Waals surface area contributed by atoms with Gasteiger partial charge in [0.05, 0.1) is 11.1 Å². The molecule has 2 amide bonds. The van der Waals surface area contributed by atoms with Gasteiger partial charge in [0.1, 0.15) is 18.1 Å². The maximum Gasteiger partial charge on any atom is 0.276 e. The molecule has 0 aliphatic rings. The molecule has 0 unspecified atom stereocenters. The molecule has 4 rings (SSSR count). The number of para-hydroxylation sites is 1. The summed E-state index contributed by atoms with van der Waals surface area (Å²) in [5, 5.41) is 0.839. The fraction of sp³-hybridized carbons (Fsp3) is 0.0800. The molecule has 0 saturated heterocycles. The number of hydrogen-bond acceptors (Lipinski definition) is 5. The van der Waals surface area contributed by atoms with Crippen LogP contribution in [0, 0.1) is 0 Å². The average Bonchev–Trinajstić information content (AvgIpc) is 2.85. The lowest BCUT2D eigenvalue weighted by Crippen LogP contribution is -2.43. The molecule has 2 N–H and O–H groups in total. The molecule has 0 fully saturated rings. The molecule has 3 aromatic carbocycles. The van der Waals surface area contributed by atoms with E-state index >= 15 is 0 Å². The van der Waals surface area contributed by atoms with Gasteiger partial charge in [0.2, 0.25) is 0 Å². The zero-order valence-electron chi connectivity index (χ0n) is 17.2. The lowest BCUT2D eigenvalue weighted by atomic mass is 10.1. The lowest BCUT2D eigenvalue weighted by molar-refractivity contribution is -0.123. The highest BCUT2D eigenvalue weighted by Crippen LogP contribution is 2.19. The number of carbonyl (C=O) groups excluding carboxylic acids is 2. The number of nitrogens with one attached hydrogen (secondary N) is 2. The summed E-state index contributed by atoms with van der Waals surface area (Å²) in [5.74, 6) is 0.261. The van der Waals surface area contributed by atoms with Crippen molar-refractivity contribution < 1.29 is 19.1 Å². The van der Waals surface area contributed by atoms with Crippen molar-refractivity contribution in [1.29, 1.82) is 0 Å². The standard InChI is InChI=1S/C25H21N3O4/c29-23(27-28-25(30)22-10-4-8-19-9-5-15-26-24(19)22)17-32-21-13-11-20(12-14-21)31-16-18-6-2-1-3-7-18/h1-15H,16-17H2,(H,27,29)(H,28,30). The normalized spacial score (nSPS) is 10.4. The molecule has 0 radical (unpaired) electrons. The molecule has 32 heavy (non-hydrogen) atoms. The van der Waals surface area contributed by atoms with Crippen LogP contribution >= 0.6 is 0 Å². The Morgan fingerprint density at radius 1 is 0.750 bits per heavy atom. The van der Waals surface area contributed by atoms with Gasteiger partial charge in [0.15, 0.2) is 6.61 Å². The minimum Gasteiger partial charge on any atom is -0.489 e. The second-order valence-corrected chi connectivity index (χ2v) is 6.92. The number of nitrogens with zero attached hydrogens (tertiary/aromatic N) is 1. The predicted octanol–water partition coefficient (Wildman–Crippen LogP) is 3.65. The Kier molecular flexibility index (Phi) is 6.57. The van der Waals surface area contributed by atoms with Gasteiger partial charge in [-0.25, -0.2) is 0 Å². The number of hydrazine groups is 1. The maximum absolute atomic E-state index is 12.4. The molecular formula is C25H21N3O4. The van der Waals surface area contributed by atoms with Gasteiger partial charge in [-0.15, -0.1) is 0 Å². The molecule has 4 aromatic rings. The van der Waals surface area contributed by atoms with Crippen molar-refractivity contribution in [2.75, 3.05) is 6.61 Å². The third-order valence-electron chi connectivity index (χ3n) is 4.63. The van der Waals surface area contributed by atoms with Crippen LogP contribution in [0.4, 0.5) is 0 Å². The summed E-state index contributed by atoms with van der Waals surface area (Å²) in [6.07, 6.45) is 1.61. The number of hydrogen-bond donors (Lipinski definition) is 2. The number of benzene rings is 3. The molecule has 7 heteroatoms. The first-order chi connectivity index (χ1) is 15.7. The highest BCUT2D eigenvalue weighted by atomic mass is 16.5. The summed E-state index contributed by atoms with van der Waals surface area (Å²) in [5.41, 5.74) is 6.75. The van der Waals surface area contributed by atoms with Crippen molar-refractivity contribution in [3.63, 3.8) is 0 Å². The molecule has 0 atom stereocenters. The van der Waals surface area contributed by atoms with E-state index in [2.05, 4.69) is 15.8 Å². The zero-order valence-corrected chi connectivity index (χ0v) is 17.2. The fourth-order valence-corrected chi connectivity index (χ4v) is 3.04. The van der Waals surface area contributed by atoms with Gasteiger partial charge in [-0.05, 0) is 42.0 Å². The van der Waals surface area contributed by atoms with Gasteiger partial charge in [-0.1, -0.05) is 48.5 Å². The summed E-state index contributed by atoms with van der Waals surface area (Å²) >= 11 is 0. The quantitative estimate of drug-likeness (QED) is 0.440. The second kappa shape index (κ2) is 10.1. The topological polar surface area (TPSA) is 89.5 Å². The molecule has 1 heterocycles. The second-order valence-electron chi connectivity index (χ2n) is 6.92. The number of amides is 2. The predicted molar refractivity (Wildman–Crippen MR) is 120 cm³/mol. The van der Waals surface area contributed by atoms with Crippen molar-refractivity contribution in [3.8, 4) is 11.5 Å². The summed E-state index contributed by atoms with van der Waals surface area (Å²) in [6.45, 7) is 0.216. The van der Waals surface area contributed by atoms with Gasteiger partial charge < -0.3 is 9.47 Å². The Labute approximate surface area is 185 Å². The number of rotatable bonds is 7. The number of aromatic nitrogens is 1. The number of ether oxygens (including phenoxy) is 2. The van der Waals surface area contributed by atoms with Crippen LogP contribution in [-0.2, 0) is 11.4 Å². The van der Waals surface area contributed by atoms with E-state index in [1.54, 1.807) is 48.7 Å². The van der Waals surface area contributed by atoms with E-state index in [-0.39, 0.29) is 6.61 Å². The van der Waals surface area contributed by atoms with E-state index in [1.807, 2.05) is 42.5 Å². The smallest absolute Gasteiger partial charge is 0.276 e. The van der Waals surface area contributed by atoms with Gasteiger partial charge >= 0.3 is 0 Å². The molecule has 1 aromatic heterocycles. The molecular weight excluding hydrogens is 406 g/mol. The van der Waals surface area contributed by atoms with E-state index in [4.69, 9.17) is 9.47 Å². The van der Waals surface area contributed by atoms with Crippen LogP contribution in [0.3, 0.4) is 0 Å². The van der Waals surface area contributed by atoms with Crippen molar-refractivity contribution in [2.45, 2.75) is 6.61 Å². The van der Waals surface area contributed by atoms with E-state index in [1.165, 1.54) is 0 Å². The molecule has 0 aliphatic heterocycles. The minimum atomic E-state index is -0.490. The fourth-order valence-electron chi connectivity index (χ4n) is 3.04. The highest BCUT2D eigenvalue weighted by molar-refractivity contribution is 6.05. The summed E-state index contributed by atoms with van der Waals surface area (Å²) in [7, 11) is 0. The van der Waals surface area contributed by atoms with Crippen LogP contribution in [0.5, 0.6) is 11.5 Å². The van der Waals surface area contributed by atoms with Gasteiger partial charge in [-0.2, -0.15) is 0 Å². The lowest BCUT2D eigenvalue weighted by Gasteiger charge is -2.10. The van der Waals surface area contributed by atoms with Gasteiger partial charge in [0.25, 0.3) is 11.8 Å². The molecule has 160 valence electrons. The Morgan fingerprint density at radius 3 is 2.25 bits per heavy atom. The van der Waals surface area contributed by atoms with Crippen LogP contribution < -0.4 is 20.3 Å². The van der Waals surface area contributed by atoms with Crippen molar-refractivity contribution in [1.82, 2.24) is 15.8 Å². The third kappa shape index (κ3) is 5.40. The zero-order chi connectivity index (χ0) is 22.2. The average molecular weight is 427 g/mol. The molecule has 0 spiro atoms. The Bertz CT molecular complexity index is 1210. The van der Waals surface area contributed by atoms with Crippen LogP contribution in [0.2, 0.25) is 0 Å².